The molecule has 0 aromatic rings. The van der Waals surface area contributed by atoms with Gasteiger partial charge in [-0.1, -0.05) is 11.6 Å². The maximum Gasteiger partial charge on any atom is 0.157 e. The van der Waals surface area contributed by atoms with E-state index < -0.39 is 11.7 Å². The van der Waals surface area contributed by atoms with E-state index >= 15 is 0 Å². The summed E-state index contributed by atoms with van der Waals surface area (Å²) in [6.07, 6.45) is 6.45. The molecule has 1 aliphatic heterocycles. The zero-order valence-electron chi connectivity index (χ0n) is 13.4. The van der Waals surface area contributed by atoms with Gasteiger partial charge in [-0.25, -0.2) is 0 Å². The fourth-order valence-electron chi connectivity index (χ4n) is 2.09. The van der Waals surface area contributed by atoms with Gasteiger partial charge in [-0.3, -0.25) is 0 Å². The normalized spacial score (nSPS) is 22.9. The molecule has 20 heavy (non-hydrogen) atoms. The Morgan fingerprint density at radius 1 is 1.45 bits per heavy atom. The second kappa shape index (κ2) is 8.78. The van der Waals surface area contributed by atoms with Crippen LogP contribution in [0.4, 0.5) is 0 Å². The van der Waals surface area contributed by atoms with Gasteiger partial charge in [-0.15, -0.1) is 0 Å². The molecule has 0 bridgehead atoms. The Hall–Kier alpha value is -0.420. The Morgan fingerprint density at radius 3 is 2.80 bits per heavy atom. The molecule has 118 valence electrons. The lowest BCUT2D eigenvalue weighted by Gasteiger charge is -2.29. The molecule has 1 fully saturated rings. The first kappa shape index (κ1) is 17.6. The molecule has 2 atom stereocenters. The van der Waals surface area contributed by atoms with Crippen molar-refractivity contribution < 1.29 is 19.3 Å². The van der Waals surface area contributed by atoms with Crippen LogP contribution >= 0.6 is 0 Å². The molecule has 1 aliphatic rings. The minimum Gasteiger partial charge on any atom is -0.390 e. The number of methoxy groups -OCH3 is 1. The van der Waals surface area contributed by atoms with Crippen LogP contribution in [0.1, 0.15) is 52.9 Å². The van der Waals surface area contributed by atoms with Crippen molar-refractivity contribution in [3.05, 3.63) is 11.6 Å². The number of hydrogen-bond acceptors (Lipinski definition) is 4. The summed E-state index contributed by atoms with van der Waals surface area (Å²) in [5.74, 6) is 0. The van der Waals surface area contributed by atoms with Crippen LogP contribution in [0.2, 0.25) is 0 Å². The van der Waals surface area contributed by atoms with E-state index in [4.69, 9.17) is 14.2 Å². The van der Waals surface area contributed by atoms with E-state index in [0.29, 0.717) is 13.0 Å². The zero-order valence-corrected chi connectivity index (χ0v) is 13.4. The summed E-state index contributed by atoms with van der Waals surface area (Å²) in [4.78, 5) is 0. The standard InChI is InChI=1S/C16H30O4/c1-13(8-9-14(17)16(2,3)18-4)10-12-20-15-7-5-6-11-19-15/h10,14-15,17H,5-9,11-12H2,1-4H3/b13-10+. The molecule has 1 saturated heterocycles. The third-order valence-electron chi connectivity index (χ3n) is 3.99. The van der Waals surface area contributed by atoms with E-state index in [1.54, 1.807) is 7.11 Å². The van der Waals surface area contributed by atoms with Crippen LogP contribution in [0.25, 0.3) is 0 Å². The second-order valence-corrected chi connectivity index (χ2v) is 6.04. The summed E-state index contributed by atoms with van der Waals surface area (Å²) in [6, 6.07) is 0. The fraction of sp³-hybridized carbons (Fsp3) is 0.875. The number of allylic oxidation sites excluding steroid dienone is 1. The van der Waals surface area contributed by atoms with Gasteiger partial charge in [0.2, 0.25) is 0 Å². The van der Waals surface area contributed by atoms with Crippen molar-refractivity contribution in [3.63, 3.8) is 0 Å². The molecule has 0 aromatic carbocycles. The van der Waals surface area contributed by atoms with Gasteiger partial charge in [0.25, 0.3) is 0 Å². The summed E-state index contributed by atoms with van der Waals surface area (Å²) in [5.41, 5.74) is 0.735. The van der Waals surface area contributed by atoms with Crippen molar-refractivity contribution in [2.45, 2.75) is 70.9 Å². The second-order valence-electron chi connectivity index (χ2n) is 6.04. The van der Waals surface area contributed by atoms with Crippen LogP contribution in [0.5, 0.6) is 0 Å². The molecule has 4 nitrogen and oxygen atoms in total. The lowest BCUT2D eigenvalue weighted by molar-refractivity contribution is -0.155. The molecule has 4 heteroatoms. The van der Waals surface area contributed by atoms with Gasteiger partial charge in [-0.2, -0.15) is 0 Å². The van der Waals surface area contributed by atoms with Gasteiger partial charge in [0, 0.05) is 13.7 Å². The minimum absolute atomic E-state index is 0.0363. The van der Waals surface area contributed by atoms with Crippen molar-refractivity contribution >= 4 is 0 Å². The van der Waals surface area contributed by atoms with Crippen LogP contribution in [-0.4, -0.2) is 43.4 Å². The third-order valence-corrected chi connectivity index (χ3v) is 3.99. The lowest BCUT2D eigenvalue weighted by Crippen LogP contribution is -2.37. The van der Waals surface area contributed by atoms with E-state index in [-0.39, 0.29) is 6.29 Å². The number of aliphatic hydroxyl groups is 1. The van der Waals surface area contributed by atoms with Gasteiger partial charge >= 0.3 is 0 Å². The highest BCUT2D eigenvalue weighted by molar-refractivity contribution is 4.99. The van der Waals surface area contributed by atoms with Gasteiger partial charge in [-0.05, 0) is 52.9 Å². The van der Waals surface area contributed by atoms with E-state index in [2.05, 4.69) is 13.0 Å². The molecular formula is C16H30O4. The Bertz CT molecular complexity index is 293. The van der Waals surface area contributed by atoms with Gasteiger partial charge in [0.1, 0.15) is 0 Å². The zero-order chi connectivity index (χ0) is 15.0. The van der Waals surface area contributed by atoms with Gasteiger partial charge in [0.05, 0.1) is 18.3 Å². The molecule has 0 radical (unpaired) electrons. The number of hydrogen-bond donors (Lipinski definition) is 1. The molecule has 0 aliphatic carbocycles. The molecule has 1 heterocycles. The van der Waals surface area contributed by atoms with Crippen molar-refractivity contribution in [1.82, 2.24) is 0 Å². The Morgan fingerprint density at radius 2 is 2.20 bits per heavy atom. The molecule has 1 rings (SSSR count). The number of ether oxygens (including phenoxy) is 3. The third kappa shape index (κ3) is 6.35. The predicted molar refractivity (Wildman–Crippen MR) is 79.6 cm³/mol. The Balaban J connectivity index is 2.21. The highest BCUT2D eigenvalue weighted by Crippen LogP contribution is 2.20. The SMILES string of the molecule is COC(C)(C)C(O)CC/C(C)=C/COC1CCCCO1. The maximum absolute atomic E-state index is 10.1. The van der Waals surface area contributed by atoms with Crippen molar-refractivity contribution in [3.8, 4) is 0 Å². The highest BCUT2D eigenvalue weighted by Gasteiger charge is 2.26. The summed E-state index contributed by atoms with van der Waals surface area (Å²) in [6.45, 7) is 7.27. The summed E-state index contributed by atoms with van der Waals surface area (Å²) < 4.78 is 16.5. The van der Waals surface area contributed by atoms with Gasteiger partial charge in [0.15, 0.2) is 6.29 Å². The first-order valence-electron chi connectivity index (χ1n) is 7.57. The lowest BCUT2D eigenvalue weighted by atomic mass is 9.95. The molecule has 0 aromatic heterocycles. The van der Waals surface area contributed by atoms with E-state index in [1.165, 1.54) is 12.0 Å². The fourth-order valence-corrected chi connectivity index (χ4v) is 2.09. The summed E-state index contributed by atoms with van der Waals surface area (Å²) >= 11 is 0. The van der Waals surface area contributed by atoms with E-state index in [1.807, 2.05) is 13.8 Å². The van der Waals surface area contributed by atoms with E-state index in [9.17, 15) is 5.11 Å². The average Bonchev–Trinajstić information content (AvgIpc) is 2.45. The first-order chi connectivity index (χ1) is 9.45. The summed E-state index contributed by atoms with van der Waals surface area (Å²) in [5, 5.41) is 10.1. The molecule has 0 spiro atoms. The Kier molecular flexibility index (Phi) is 7.74. The monoisotopic (exact) mass is 286 g/mol. The molecule has 2 unspecified atom stereocenters. The highest BCUT2D eigenvalue weighted by atomic mass is 16.7. The molecular weight excluding hydrogens is 256 g/mol. The number of aliphatic hydroxyl groups excluding tert-OH is 1. The topological polar surface area (TPSA) is 47.9 Å². The molecule has 0 saturated carbocycles. The summed E-state index contributed by atoms with van der Waals surface area (Å²) in [7, 11) is 1.63. The average molecular weight is 286 g/mol. The van der Waals surface area contributed by atoms with Crippen molar-refractivity contribution in [2.24, 2.45) is 0 Å². The predicted octanol–water partition coefficient (Wildman–Crippen LogP) is 3.04. The quantitative estimate of drug-likeness (QED) is 0.697. The van der Waals surface area contributed by atoms with E-state index in [0.717, 1.165) is 25.9 Å². The maximum atomic E-state index is 10.1. The van der Waals surface area contributed by atoms with Crippen LogP contribution in [0, 0.1) is 0 Å². The van der Waals surface area contributed by atoms with Crippen molar-refractivity contribution in [2.75, 3.05) is 20.3 Å². The first-order valence-corrected chi connectivity index (χ1v) is 7.57. The van der Waals surface area contributed by atoms with Crippen LogP contribution in [0.3, 0.4) is 0 Å². The van der Waals surface area contributed by atoms with Crippen LogP contribution in [0.15, 0.2) is 11.6 Å². The van der Waals surface area contributed by atoms with Crippen LogP contribution < -0.4 is 0 Å². The van der Waals surface area contributed by atoms with Gasteiger partial charge < -0.3 is 19.3 Å². The molecule has 0 amide bonds. The Labute approximate surface area is 123 Å². The molecule has 1 N–H and O–H groups in total. The van der Waals surface area contributed by atoms with Crippen LogP contribution in [-0.2, 0) is 14.2 Å². The smallest absolute Gasteiger partial charge is 0.157 e. The minimum atomic E-state index is -0.493. The number of rotatable bonds is 8. The largest absolute Gasteiger partial charge is 0.390 e. The van der Waals surface area contributed by atoms with Crippen molar-refractivity contribution in [1.29, 1.82) is 0 Å².